The second-order valence-electron chi connectivity index (χ2n) is 8.58. The highest BCUT2D eigenvalue weighted by Crippen LogP contribution is 2.35. The summed E-state index contributed by atoms with van der Waals surface area (Å²) in [4.78, 5) is 7.23. The van der Waals surface area contributed by atoms with Crippen LogP contribution in [0.5, 0.6) is 5.75 Å². The number of hydrogen-bond acceptors (Lipinski definition) is 7. The minimum Gasteiger partial charge on any atom is -0.497 e. The Hall–Kier alpha value is -3.93. The fourth-order valence-electron chi connectivity index (χ4n) is 4.77. The summed E-state index contributed by atoms with van der Waals surface area (Å²) in [5.41, 5.74) is 5.56. The minimum atomic E-state index is 0.0223. The SMILES string of the molecule is COCc1nn2c(-c3cccc(C#N)c3)cc(N3CCC[C@H]3CO)nc2c1-c1ccc(OC)cc1. The minimum absolute atomic E-state index is 0.0223. The predicted octanol–water partition coefficient (Wildman–Crippen LogP) is 4.05. The van der Waals surface area contributed by atoms with E-state index in [0.29, 0.717) is 17.8 Å². The average Bonchev–Trinajstić information content (AvgIpc) is 3.53. The zero-order valence-electron chi connectivity index (χ0n) is 19.8. The van der Waals surface area contributed by atoms with E-state index in [1.807, 2.05) is 53.0 Å². The first-order valence-corrected chi connectivity index (χ1v) is 11.6. The number of nitriles is 1. The molecule has 0 saturated carbocycles. The third-order valence-corrected chi connectivity index (χ3v) is 6.48. The van der Waals surface area contributed by atoms with E-state index in [1.54, 1.807) is 20.3 Å². The Kier molecular flexibility index (Phi) is 6.36. The Morgan fingerprint density at radius 2 is 1.94 bits per heavy atom. The van der Waals surface area contributed by atoms with Gasteiger partial charge in [0.15, 0.2) is 5.65 Å². The number of aliphatic hydroxyl groups is 1. The molecule has 4 aromatic rings. The summed E-state index contributed by atoms with van der Waals surface area (Å²) < 4.78 is 12.7. The number of aromatic nitrogens is 3. The predicted molar refractivity (Wildman–Crippen MR) is 133 cm³/mol. The first kappa shape index (κ1) is 22.8. The molecule has 1 saturated heterocycles. The quantitative estimate of drug-likeness (QED) is 0.436. The Bertz CT molecular complexity index is 1390. The number of fused-ring (bicyclic) bond motifs is 1. The Labute approximate surface area is 204 Å². The number of benzene rings is 2. The molecule has 2 aromatic carbocycles. The fraction of sp³-hybridized carbons (Fsp3) is 0.296. The highest BCUT2D eigenvalue weighted by Gasteiger charge is 2.28. The summed E-state index contributed by atoms with van der Waals surface area (Å²) in [6, 6.07) is 19.5. The Morgan fingerprint density at radius 1 is 1.11 bits per heavy atom. The van der Waals surface area contributed by atoms with Gasteiger partial charge in [-0.1, -0.05) is 24.3 Å². The zero-order chi connectivity index (χ0) is 24.4. The number of aliphatic hydroxyl groups excluding tert-OH is 1. The van der Waals surface area contributed by atoms with Gasteiger partial charge < -0.3 is 19.5 Å². The van der Waals surface area contributed by atoms with Crippen molar-refractivity contribution in [2.45, 2.75) is 25.5 Å². The van der Waals surface area contributed by atoms with Gasteiger partial charge in [-0.3, -0.25) is 0 Å². The topological polar surface area (TPSA) is 95.9 Å². The maximum atomic E-state index is 9.97. The largest absolute Gasteiger partial charge is 0.497 e. The van der Waals surface area contributed by atoms with Gasteiger partial charge in [-0.25, -0.2) is 9.50 Å². The molecular weight excluding hydrogens is 442 g/mol. The van der Waals surface area contributed by atoms with Crippen molar-refractivity contribution in [1.29, 1.82) is 5.26 Å². The van der Waals surface area contributed by atoms with Gasteiger partial charge in [0.05, 0.1) is 54.9 Å². The molecule has 8 nitrogen and oxygen atoms in total. The number of rotatable bonds is 7. The van der Waals surface area contributed by atoms with Crippen molar-refractivity contribution >= 4 is 11.5 Å². The molecular formula is C27H27N5O3. The van der Waals surface area contributed by atoms with Crippen molar-refractivity contribution in [3.63, 3.8) is 0 Å². The second-order valence-corrected chi connectivity index (χ2v) is 8.58. The van der Waals surface area contributed by atoms with Crippen LogP contribution in [0.3, 0.4) is 0 Å². The van der Waals surface area contributed by atoms with Crippen LogP contribution < -0.4 is 9.64 Å². The van der Waals surface area contributed by atoms with Crippen LogP contribution in [0, 0.1) is 11.3 Å². The van der Waals surface area contributed by atoms with Crippen molar-refractivity contribution in [2.24, 2.45) is 0 Å². The normalized spacial score (nSPS) is 15.5. The summed E-state index contributed by atoms with van der Waals surface area (Å²) in [6.07, 6.45) is 1.92. The summed E-state index contributed by atoms with van der Waals surface area (Å²) in [5.74, 6) is 1.55. The molecule has 35 heavy (non-hydrogen) atoms. The highest BCUT2D eigenvalue weighted by atomic mass is 16.5. The molecule has 5 rings (SSSR count). The van der Waals surface area contributed by atoms with Crippen molar-refractivity contribution in [3.05, 3.63) is 65.9 Å². The second kappa shape index (κ2) is 9.74. The number of anilines is 1. The van der Waals surface area contributed by atoms with Gasteiger partial charge in [0.25, 0.3) is 0 Å². The van der Waals surface area contributed by atoms with E-state index in [9.17, 15) is 10.4 Å². The molecule has 3 heterocycles. The maximum absolute atomic E-state index is 9.97. The average molecular weight is 470 g/mol. The van der Waals surface area contributed by atoms with Gasteiger partial charge in [-0.15, -0.1) is 0 Å². The standard InChI is InChI=1S/C27H27N5O3/c1-34-17-23-26(19-8-10-22(35-2)11-9-19)27-29-25(31-12-4-7-21(31)16-33)14-24(32(27)30-23)20-6-3-5-18(13-20)15-28/h3,5-6,8-11,13-14,21,33H,4,7,12,16-17H2,1-2H3/t21-/m0/s1. The lowest BCUT2D eigenvalue weighted by atomic mass is 10.0. The van der Waals surface area contributed by atoms with Crippen molar-refractivity contribution in [1.82, 2.24) is 14.6 Å². The van der Waals surface area contributed by atoms with Crippen LogP contribution in [0.4, 0.5) is 5.82 Å². The number of nitrogens with zero attached hydrogens (tertiary/aromatic N) is 5. The molecule has 8 heteroatoms. The van der Waals surface area contributed by atoms with Crippen LogP contribution in [0.1, 0.15) is 24.1 Å². The first-order valence-electron chi connectivity index (χ1n) is 11.6. The summed E-state index contributed by atoms with van der Waals surface area (Å²) >= 11 is 0. The Morgan fingerprint density at radius 3 is 2.66 bits per heavy atom. The molecule has 1 atom stereocenters. The smallest absolute Gasteiger partial charge is 0.166 e. The van der Waals surface area contributed by atoms with Gasteiger partial charge in [-0.05, 0) is 42.7 Å². The van der Waals surface area contributed by atoms with E-state index in [4.69, 9.17) is 19.6 Å². The van der Waals surface area contributed by atoms with Gasteiger partial charge in [0.2, 0.25) is 0 Å². The molecule has 1 aliphatic rings. The molecule has 0 aliphatic carbocycles. The third kappa shape index (κ3) is 4.20. The number of ether oxygens (including phenoxy) is 2. The molecule has 178 valence electrons. The fourth-order valence-corrected chi connectivity index (χ4v) is 4.77. The maximum Gasteiger partial charge on any atom is 0.166 e. The van der Waals surface area contributed by atoms with Crippen molar-refractivity contribution < 1.29 is 14.6 Å². The van der Waals surface area contributed by atoms with Crippen LogP contribution in [-0.2, 0) is 11.3 Å². The summed E-state index contributed by atoms with van der Waals surface area (Å²) in [7, 11) is 3.29. The molecule has 2 aromatic heterocycles. The molecule has 1 fully saturated rings. The third-order valence-electron chi connectivity index (χ3n) is 6.48. The van der Waals surface area contributed by atoms with E-state index in [0.717, 1.165) is 59.0 Å². The van der Waals surface area contributed by atoms with Gasteiger partial charge in [0, 0.05) is 25.3 Å². The molecule has 0 unspecified atom stereocenters. The van der Waals surface area contributed by atoms with Crippen LogP contribution in [0.2, 0.25) is 0 Å². The lowest BCUT2D eigenvalue weighted by Crippen LogP contribution is -2.32. The highest BCUT2D eigenvalue weighted by molar-refractivity contribution is 5.83. The summed E-state index contributed by atoms with van der Waals surface area (Å²) in [6.45, 7) is 1.22. The number of methoxy groups -OCH3 is 2. The monoisotopic (exact) mass is 469 g/mol. The van der Waals surface area contributed by atoms with Crippen molar-refractivity contribution in [2.75, 3.05) is 32.3 Å². The van der Waals surface area contributed by atoms with E-state index in [2.05, 4.69) is 11.0 Å². The lowest BCUT2D eigenvalue weighted by molar-refractivity contribution is 0.181. The zero-order valence-corrected chi connectivity index (χ0v) is 19.8. The van der Waals surface area contributed by atoms with Gasteiger partial charge >= 0.3 is 0 Å². The van der Waals surface area contributed by atoms with Crippen LogP contribution >= 0.6 is 0 Å². The van der Waals surface area contributed by atoms with Gasteiger partial charge in [-0.2, -0.15) is 10.4 Å². The van der Waals surface area contributed by atoms with Gasteiger partial charge in [0.1, 0.15) is 11.6 Å². The summed E-state index contributed by atoms with van der Waals surface area (Å²) in [5, 5.41) is 24.4. The number of hydrogen-bond donors (Lipinski definition) is 1. The Balaban J connectivity index is 1.80. The molecule has 0 bridgehead atoms. The van der Waals surface area contributed by atoms with Crippen LogP contribution in [0.25, 0.3) is 28.0 Å². The lowest BCUT2D eigenvalue weighted by Gasteiger charge is -2.25. The molecule has 1 N–H and O–H groups in total. The van der Waals surface area contributed by atoms with E-state index in [1.165, 1.54) is 0 Å². The van der Waals surface area contributed by atoms with Crippen LogP contribution in [0.15, 0.2) is 54.6 Å². The van der Waals surface area contributed by atoms with E-state index >= 15 is 0 Å². The van der Waals surface area contributed by atoms with E-state index in [-0.39, 0.29) is 12.6 Å². The first-order chi connectivity index (χ1) is 17.2. The van der Waals surface area contributed by atoms with Crippen molar-refractivity contribution in [3.8, 4) is 34.2 Å². The molecule has 1 aliphatic heterocycles. The van der Waals surface area contributed by atoms with Crippen LogP contribution in [-0.4, -0.2) is 53.1 Å². The molecule has 0 radical (unpaired) electrons. The van der Waals surface area contributed by atoms with E-state index < -0.39 is 0 Å². The molecule has 0 spiro atoms. The molecule has 0 amide bonds.